The van der Waals surface area contributed by atoms with E-state index in [1.54, 1.807) is 13.2 Å². The quantitative estimate of drug-likeness (QED) is 0.368. The first kappa shape index (κ1) is 34.5. The number of hydrogen-bond donors (Lipinski definition) is 2. The fourth-order valence-corrected chi connectivity index (χ4v) is 10.9. The fraction of sp³-hybridized carbons (Fsp3) is 0.579. The number of nitrogens with one attached hydrogen (secondary N) is 1. The van der Waals surface area contributed by atoms with Crippen LogP contribution in [0.25, 0.3) is 0 Å². The highest BCUT2D eigenvalue weighted by Gasteiger charge is 2.44. The molecular weight excluding hydrogens is 662 g/mol. The van der Waals surface area contributed by atoms with Crippen LogP contribution in [-0.2, 0) is 31.3 Å². The summed E-state index contributed by atoms with van der Waals surface area (Å²) in [6, 6.07) is 11.6. The summed E-state index contributed by atoms with van der Waals surface area (Å²) in [4.78, 5) is 29.5. The van der Waals surface area contributed by atoms with E-state index in [9.17, 15) is 18.9 Å². The van der Waals surface area contributed by atoms with E-state index in [-0.39, 0.29) is 47.5 Å². The number of benzene rings is 2. The van der Waals surface area contributed by atoms with Crippen molar-refractivity contribution in [2.75, 3.05) is 44.1 Å². The third kappa shape index (κ3) is 7.03. The first-order chi connectivity index (χ1) is 23.6. The van der Waals surface area contributed by atoms with Gasteiger partial charge in [0.1, 0.15) is 15.7 Å². The minimum atomic E-state index is -3.45. The van der Waals surface area contributed by atoms with E-state index in [4.69, 9.17) is 21.1 Å². The van der Waals surface area contributed by atoms with Gasteiger partial charge in [-0.3, -0.25) is 14.3 Å². The number of anilines is 1. The molecule has 2 heterocycles. The average molecular weight is 710 g/mol. The summed E-state index contributed by atoms with van der Waals surface area (Å²) in [6.45, 7) is 4.00. The van der Waals surface area contributed by atoms with Gasteiger partial charge in [0, 0.05) is 48.7 Å². The van der Waals surface area contributed by atoms with Crippen molar-refractivity contribution in [3.8, 4) is 5.75 Å². The number of aryl methyl sites for hydroxylation is 1. The third-order valence-electron chi connectivity index (χ3n) is 11.6. The van der Waals surface area contributed by atoms with Crippen molar-refractivity contribution in [2.24, 2.45) is 34.0 Å². The summed E-state index contributed by atoms with van der Waals surface area (Å²) < 4.78 is 34.0. The Balaban J connectivity index is 1.28. The summed E-state index contributed by atoms with van der Waals surface area (Å²) in [5, 5.41) is 10.2. The molecule has 2 fully saturated rings. The highest BCUT2D eigenvalue weighted by molar-refractivity contribution is 7.92. The fourth-order valence-electron chi connectivity index (χ4n) is 8.71. The van der Waals surface area contributed by atoms with Crippen LogP contribution in [0.5, 0.6) is 5.75 Å². The minimum absolute atomic E-state index is 0.0243. The molecule has 2 aromatic rings. The van der Waals surface area contributed by atoms with Gasteiger partial charge in [0.2, 0.25) is 5.91 Å². The van der Waals surface area contributed by atoms with Crippen molar-refractivity contribution in [3.05, 3.63) is 70.3 Å². The number of aliphatic hydroxyl groups is 1. The van der Waals surface area contributed by atoms with Crippen LogP contribution in [0.1, 0.15) is 73.4 Å². The molecule has 3 aliphatic carbocycles. The summed E-state index contributed by atoms with van der Waals surface area (Å²) in [5.41, 5.74) is 3.43. The predicted octanol–water partition coefficient (Wildman–Crippen LogP) is 6.11. The van der Waals surface area contributed by atoms with E-state index in [1.165, 1.54) is 11.1 Å². The number of amides is 2. The zero-order chi connectivity index (χ0) is 34.3. The van der Waals surface area contributed by atoms with Crippen molar-refractivity contribution in [1.82, 2.24) is 4.72 Å². The highest BCUT2D eigenvalue weighted by Crippen LogP contribution is 2.47. The monoisotopic (exact) mass is 709 g/mol. The van der Waals surface area contributed by atoms with Crippen LogP contribution in [0.2, 0.25) is 5.02 Å². The molecule has 49 heavy (non-hydrogen) atoms. The Morgan fingerprint density at radius 1 is 1.22 bits per heavy atom. The van der Waals surface area contributed by atoms with Gasteiger partial charge in [0.25, 0.3) is 5.91 Å². The van der Waals surface area contributed by atoms with Crippen molar-refractivity contribution in [3.63, 3.8) is 0 Å². The lowest BCUT2D eigenvalue weighted by Crippen LogP contribution is -2.49. The lowest BCUT2D eigenvalue weighted by molar-refractivity contribution is -0.127. The topological polar surface area (TPSA) is 118 Å². The third-order valence-corrected chi connectivity index (χ3v) is 13.9. The lowest BCUT2D eigenvalue weighted by Gasteiger charge is -2.46. The number of hydrogen-bond acceptors (Lipinski definition) is 7. The number of aliphatic hydroxyl groups excluding tert-OH is 1. The number of carbonyl (C=O) groups is 2. The first-order valence-corrected chi connectivity index (χ1v) is 19.9. The molecule has 7 rings (SSSR count). The van der Waals surface area contributed by atoms with Crippen LogP contribution in [0.4, 0.5) is 5.69 Å². The second kappa shape index (κ2) is 14.0. The lowest BCUT2D eigenvalue weighted by atomic mass is 9.68. The number of carbonyl (C=O) groups excluding carboxylic acids is 2. The van der Waals surface area contributed by atoms with Crippen molar-refractivity contribution in [1.29, 1.82) is 0 Å². The van der Waals surface area contributed by atoms with E-state index >= 15 is 0 Å². The van der Waals surface area contributed by atoms with Gasteiger partial charge in [-0.1, -0.05) is 36.7 Å². The maximum absolute atomic E-state index is 14.4. The molecule has 2 saturated carbocycles. The molecule has 0 saturated heterocycles. The smallest absolute Gasteiger partial charge is 0.286 e. The van der Waals surface area contributed by atoms with Crippen LogP contribution < -0.4 is 14.4 Å². The Morgan fingerprint density at radius 2 is 2.06 bits per heavy atom. The van der Waals surface area contributed by atoms with Crippen LogP contribution in [0.15, 0.2) is 52.9 Å². The number of nitrogens with zero attached hydrogens (tertiary/aromatic N) is 2. The van der Waals surface area contributed by atoms with Gasteiger partial charge in [-0.25, -0.2) is 4.21 Å². The predicted molar refractivity (Wildman–Crippen MR) is 191 cm³/mol. The van der Waals surface area contributed by atoms with Gasteiger partial charge >= 0.3 is 0 Å². The maximum atomic E-state index is 14.4. The largest absolute Gasteiger partial charge is 0.490 e. The molecule has 6 atom stereocenters. The molecule has 5 aliphatic rings. The normalized spacial score (nSPS) is 34.9. The van der Waals surface area contributed by atoms with E-state index < -0.39 is 15.8 Å². The zero-order valence-corrected chi connectivity index (χ0v) is 30.0. The SMILES string of the molecule is CO[C@H]1/C=C\C[C@H](C)CS(=O)(NC(=O)C2CC(CO)C2)=NC(=O)c2ccc3c(c2)N(C[C@@H]2CC[C@H]21)C[C@@]1(CCCc2cc(Cl)ccc21)CO3. The van der Waals surface area contributed by atoms with Crippen molar-refractivity contribution < 1.29 is 28.4 Å². The minimum Gasteiger partial charge on any atom is -0.490 e. The van der Waals surface area contributed by atoms with Crippen molar-refractivity contribution >= 4 is 39.0 Å². The molecule has 0 aromatic heterocycles. The number of allylic oxidation sites excluding steroid dienone is 1. The van der Waals surface area contributed by atoms with Crippen LogP contribution in [-0.4, -0.2) is 66.4 Å². The van der Waals surface area contributed by atoms with Crippen molar-refractivity contribution in [2.45, 2.75) is 69.8 Å². The van der Waals surface area contributed by atoms with E-state index in [0.717, 1.165) is 55.9 Å². The molecule has 2 N–H and O–H groups in total. The molecule has 2 aliphatic heterocycles. The summed E-state index contributed by atoms with van der Waals surface area (Å²) in [6.07, 6.45) is 11.0. The number of methoxy groups -OCH3 is 1. The molecule has 9 nitrogen and oxygen atoms in total. The highest BCUT2D eigenvalue weighted by atomic mass is 35.5. The van der Waals surface area contributed by atoms with Gasteiger partial charge in [-0.15, -0.1) is 4.36 Å². The second-order valence-electron chi connectivity index (χ2n) is 15.1. The summed E-state index contributed by atoms with van der Waals surface area (Å²) in [5.74, 6) is 0.102. The second-order valence-corrected chi connectivity index (χ2v) is 17.6. The van der Waals surface area contributed by atoms with Gasteiger partial charge in [-0.05, 0) is 116 Å². The van der Waals surface area contributed by atoms with Gasteiger partial charge in [0.05, 0.1) is 24.2 Å². The standard InChI is InChI=1S/C38H48ClN3O6S/c1-24-5-3-7-34(47-2)31-11-8-28(31)19-42-22-38(14-4-6-26-17-30(39)10-12-32(26)38)23-48-35-13-9-27(18-33(35)42)36(44)40-49(46,21-24)41-37(45)29-15-25(16-29)20-43/h3,7,9-10,12-13,17-18,24-25,28-29,31,34,43H,4-6,8,11,14-16,19-23H2,1-2H3,(H,40,41,44,45,46)/b7-3-/t24-,25?,28-,29?,31+,34-,38-,49?/m0/s1. The van der Waals surface area contributed by atoms with Gasteiger partial charge < -0.3 is 19.5 Å². The maximum Gasteiger partial charge on any atom is 0.286 e. The number of rotatable bonds is 4. The van der Waals surface area contributed by atoms with Gasteiger partial charge in [-0.2, -0.15) is 0 Å². The van der Waals surface area contributed by atoms with E-state index in [1.807, 2.05) is 25.1 Å². The van der Waals surface area contributed by atoms with Crippen LogP contribution in [0.3, 0.4) is 0 Å². The number of fused-ring (bicyclic) bond motifs is 4. The van der Waals surface area contributed by atoms with E-state index in [0.29, 0.717) is 49.0 Å². The molecule has 2 amide bonds. The Hall–Kier alpha value is -2.92. The molecule has 0 radical (unpaired) electrons. The Morgan fingerprint density at radius 3 is 2.82 bits per heavy atom. The van der Waals surface area contributed by atoms with E-state index in [2.05, 4.69) is 38.3 Å². The Bertz CT molecular complexity index is 1750. The number of halogens is 1. The molecule has 1 spiro atoms. The number of ether oxygens (including phenoxy) is 2. The molecule has 264 valence electrons. The average Bonchev–Trinajstić information content (AvgIpc) is 3.18. The first-order valence-electron chi connectivity index (χ1n) is 17.8. The molecule has 2 aromatic carbocycles. The van der Waals surface area contributed by atoms with Gasteiger partial charge in [0.15, 0.2) is 0 Å². The molecule has 2 bridgehead atoms. The zero-order valence-electron chi connectivity index (χ0n) is 28.4. The van der Waals surface area contributed by atoms with Crippen LogP contribution in [0, 0.1) is 29.6 Å². The molecule has 1 unspecified atom stereocenters. The Labute approximate surface area is 295 Å². The van der Waals surface area contributed by atoms with Crippen LogP contribution >= 0.6 is 11.6 Å². The summed E-state index contributed by atoms with van der Waals surface area (Å²) in [7, 11) is -1.68. The molecular formula is C38H48ClN3O6S. The molecule has 11 heteroatoms. The summed E-state index contributed by atoms with van der Waals surface area (Å²) >= 11 is 6.45. The Kier molecular flexibility index (Phi) is 9.87.